The number of carbonyl (C=O) groups is 1. The van der Waals surface area contributed by atoms with Crippen molar-refractivity contribution < 1.29 is 9.18 Å². The molecule has 0 spiro atoms. The molecule has 0 aliphatic carbocycles. The molecule has 0 bridgehead atoms. The van der Waals surface area contributed by atoms with Gasteiger partial charge in [-0.3, -0.25) is 4.79 Å². The number of nitrogens with one attached hydrogen (secondary N) is 1. The van der Waals surface area contributed by atoms with Gasteiger partial charge in [-0.25, -0.2) is 9.82 Å². The summed E-state index contributed by atoms with van der Waals surface area (Å²) in [5, 5.41) is 3.98. The van der Waals surface area contributed by atoms with Gasteiger partial charge in [-0.1, -0.05) is 40.2 Å². The fraction of sp³-hybridized carbons (Fsp3) is 0.0667. The second kappa shape index (κ2) is 6.43. The van der Waals surface area contributed by atoms with Crippen molar-refractivity contribution in [1.82, 2.24) is 5.43 Å². The lowest BCUT2D eigenvalue weighted by Crippen LogP contribution is -2.20. The van der Waals surface area contributed by atoms with Gasteiger partial charge in [-0.15, -0.1) is 0 Å². The summed E-state index contributed by atoms with van der Waals surface area (Å²) in [6.45, 7) is 1.77. The number of amides is 1. The maximum absolute atomic E-state index is 13.4. The van der Waals surface area contributed by atoms with Crippen molar-refractivity contribution in [3.05, 3.63) is 69.9 Å². The first-order chi connectivity index (χ1) is 9.58. The van der Waals surface area contributed by atoms with Crippen LogP contribution in [0.3, 0.4) is 0 Å². The van der Waals surface area contributed by atoms with Crippen molar-refractivity contribution in [3.8, 4) is 0 Å². The van der Waals surface area contributed by atoms with Crippen LogP contribution in [0.1, 0.15) is 22.8 Å². The quantitative estimate of drug-likeness (QED) is 0.674. The summed E-state index contributed by atoms with van der Waals surface area (Å²) in [5.41, 5.74) is 3.84. The Morgan fingerprint density at radius 2 is 1.80 bits per heavy atom. The van der Waals surface area contributed by atoms with Crippen molar-refractivity contribution in [2.45, 2.75) is 6.92 Å². The molecule has 20 heavy (non-hydrogen) atoms. The zero-order chi connectivity index (χ0) is 14.5. The van der Waals surface area contributed by atoms with E-state index in [-0.39, 0.29) is 5.56 Å². The third-order valence-corrected chi connectivity index (χ3v) is 3.23. The maximum Gasteiger partial charge on any atom is 0.274 e. The van der Waals surface area contributed by atoms with Gasteiger partial charge in [-0.2, -0.15) is 5.10 Å². The van der Waals surface area contributed by atoms with E-state index in [1.807, 2.05) is 24.3 Å². The number of halogens is 2. The summed E-state index contributed by atoms with van der Waals surface area (Å²) >= 11 is 3.34. The van der Waals surface area contributed by atoms with E-state index in [0.717, 1.165) is 10.0 Å². The Morgan fingerprint density at radius 1 is 1.15 bits per heavy atom. The summed E-state index contributed by atoms with van der Waals surface area (Å²) in [6, 6.07) is 13.3. The van der Waals surface area contributed by atoms with Gasteiger partial charge < -0.3 is 0 Å². The highest BCUT2D eigenvalue weighted by molar-refractivity contribution is 9.10. The molecule has 1 amide bonds. The average Bonchev–Trinajstić information content (AvgIpc) is 2.45. The number of hydrogen-bond acceptors (Lipinski definition) is 2. The van der Waals surface area contributed by atoms with E-state index >= 15 is 0 Å². The van der Waals surface area contributed by atoms with Crippen molar-refractivity contribution in [2.75, 3.05) is 0 Å². The van der Waals surface area contributed by atoms with Crippen molar-refractivity contribution >= 4 is 27.5 Å². The number of rotatable bonds is 3. The highest BCUT2D eigenvalue weighted by atomic mass is 79.9. The molecule has 0 radical (unpaired) electrons. The van der Waals surface area contributed by atoms with Gasteiger partial charge in [-0.05, 0) is 36.8 Å². The molecule has 5 heteroatoms. The minimum atomic E-state index is -0.570. The first kappa shape index (κ1) is 14.4. The molecule has 2 aromatic rings. The second-order valence-corrected chi connectivity index (χ2v) is 5.04. The Labute approximate surface area is 124 Å². The van der Waals surface area contributed by atoms with Crippen LogP contribution in [-0.2, 0) is 0 Å². The van der Waals surface area contributed by atoms with Crippen LogP contribution in [0.5, 0.6) is 0 Å². The molecule has 2 aromatic carbocycles. The lowest BCUT2D eigenvalue weighted by atomic mass is 10.1. The molecule has 0 aromatic heterocycles. The minimum Gasteiger partial charge on any atom is -0.267 e. The summed E-state index contributed by atoms with van der Waals surface area (Å²) in [6.07, 6.45) is 0. The molecule has 0 aliphatic rings. The normalized spacial score (nSPS) is 11.2. The molecule has 0 heterocycles. The zero-order valence-electron chi connectivity index (χ0n) is 10.7. The van der Waals surface area contributed by atoms with Crippen LogP contribution in [0.15, 0.2) is 58.1 Å². The highest BCUT2D eigenvalue weighted by Crippen LogP contribution is 2.11. The van der Waals surface area contributed by atoms with Gasteiger partial charge in [0.25, 0.3) is 5.91 Å². The summed E-state index contributed by atoms with van der Waals surface area (Å²) in [7, 11) is 0. The van der Waals surface area contributed by atoms with Crippen LogP contribution >= 0.6 is 15.9 Å². The molecule has 0 atom stereocenters. The molecule has 0 aliphatic heterocycles. The van der Waals surface area contributed by atoms with E-state index in [1.165, 1.54) is 18.2 Å². The molecule has 102 valence electrons. The first-order valence-electron chi connectivity index (χ1n) is 5.93. The van der Waals surface area contributed by atoms with Crippen LogP contribution in [0.2, 0.25) is 0 Å². The molecule has 0 saturated carbocycles. The number of nitrogens with zero attached hydrogens (tertiary/aromatic N) is 1. The number of carbonyl (C=O) groups excluding carboxylic acids is 1. The van der Waals surface area contributed by atoms with Crippen LogP contribution in [0, 0.1) is 5.82 Å². The van der Waals surface area contributed by atoms with Crippen LogP contribution in [0.4, 0.5) is 4.39 Å². The largest absolute Gasteiger partial charge is 0.274 e. The number of hydrogen-bond donors (Lipinski definition) is 1. The molecular formula is C15H12BrFN2O. The van der Waals surface area contributed by atoms with E-state index in [1.54, 1.807) is 13.0 Å². The fourth-order valence-corrected chi connectivity index (χ4v) is 1.86. The topological polar surface area (TPSA) is 41.5 Å². The van der Waals surface area contributed by atoms with Crippen LogP contribution in [-0.4, -0.2) is 11.6 Å². The van der Waals surface area contributed by atoms with E-state index in [0.29, 0.717) is 5.71 Å². The number of benzene rings is 2. The first-order valence-corrected chi connectivity index (χ1v) is 6.72. The van der Waals surface area contributed by atoms with Gasteiger partial charge >= 0.3 is 0 Å². The van der Waals surface area contributed by atoms with Gasteiger partial charge in [0.2, 0.25) is 0 Å². The Hall–Kier alpha value is -2.01. The van der Waals surface area contributed by atoms with Crippen molar-refractivity contribution in [3.63, 3.8) is 0 Å². The van der Waals surface area contributed by atoms with Crippen molar-refractivity contribution in [2.24, 2.45) is 5.10 Å². The van der Waals surface area contributed by atoms with E-state index in [4.69, 9.17) is 0 Å². The Balaban J connectivity index is 2.11. The highest BCUT2D eigenvalue weighted by Gasteiger charge is 2.09. The molecule has 3 nitrogen and oxygen atoms in total. The van der Waals surface area contributed by atoms with Crippen molar-refractivity contribution in [1.29, 1.82) is 0 Å². The number of hydrazone groups is 1. The monoisotopic (exact) mass is 334 g/mol. The molecular weight excluding hydrogens is 323 g/mol. The fourth-order valence-electron chi connectivity index (χ4n) is 1.60. The van der Waals surface area contributed by atoms with E-state index < -0.39 is 11.7 Å². The smallest absolute Gasteiger partial charge is 0.267 e. The second-order valence-electron chi connectivity index (χ2n) is 4.12. The Morgan fingerprint density at radius 3 is 2.45 bits per heavy atom. The van der Waals surface area contributed by atoms with Gasteiger partial charge in [0, 0.05) is 4.47 Å². The Kier molecular flexibility index (Phi) is 4.63. The summed E-state index contributed by atoms with van der Waals surface area (Å²) in [5.74, 6) is -1.14. The average molecular weight is 335 g/mol. The summed E-state index contributed by atoms with van der Waals surface area (Å²) < 4.78 is 14.4. The van der Waals surface area contributed by atoms with E-state index in [9.17, 15) is 9.18 Å². The van der Waals surface area contributed by atoms with Crippen LogP contribution < -0.4 is 5.43 Å². The Bertz CT molecular complexity index is 653. The third-order valence-electron chi connectivity index (χ3n) is 2.71. The zero-order valence-corrected chi connectivity index (χ0v) is 12.3. The molecule has 0 saturated heterocycles. The minimum absolute atomic E-state index is 0.0279. The lowest BCUT2D eigenvalue weighted by molar-refractivity contribution is 0.0951. The molecule has 1 N–H and O–H groups in total. The lowest BCUT2D eigenvalue weighted by Gasteiger charge is -2.04. The molecule has 0 fully saturated rings. The summed E-state index contributed by atoms with van der Waals surface area (Å²) in [4.78, 5) is 11.8. The van der Waals surface area contributed by atoms with Gasteiger partial charge in [0.1, 0.15) is 5.82 Å². The maximum atomic E-state index is 13.4. The SMILES string of the molecule is CC(=NNC(=O)c1ccccc1F)c1ccc(Br)cc1. The van der Waals surface area contributed by atoms with Gasteiger partial charge in [0.15, 0.2) is 0 Å². The predicted molar refractivity (Wildman–Crippen MR) is 80.2 cm³/mol. The third kappa shape index (κ3) is 3.51. The molecule has 0 unspecified atom stereocenters. The van der Waals surface area contributed by atoms with Crippen LogP contribution in [0.25, 0.3) is 0 Å². The standard InChI is InChI=1S/C15H12BrFN2O/c1-10(11-6-8-12(16)9-7-11)18-19-15(20)13-4-2-3-5-14(13)17/h2-9H,1H3,(H,19,20). The predicted octanol–water partition coefficient (Wildman–Crippen LogP) is 3.74. The molecule has 2 rings (SSSR count). The van der Waals surface area contributed by atoms with Gasteiger partial charge in [0.05, 0.1) is 11.3 Å². The van der Waals surface area contributed by atoms with E-state index in [2.05, 4.69) is 26.5 Å².